The predicted octanol–water partition coefficient (Wildman–Crippen LogP) is 2.54. The van der Waals surface area contributed by atoms with Crippen LogP contribution in [0, 0.1) is 0 Å². The number of rotatable bonds is 7. The molecular formula is C20H25N3O4S2. The van der Waals surface area contributed by atoms with Crippen LogP contribution in [0.1, 0.15) is 36.5 Å². The summed E-state index contributed by atoms with van der Waals surface area (Å²) < 4.78 is 28.2. The van der Waals surface area contributed by atoms with Gasteiger partial charge in [-0.2, -0.15) is 4.31 Å². The van der Waals surface area contributed by atoms with Gasteiger partial charge in [0.1, 0.15) is 10.3 Å². The standard InChI is InChI=1S/C20H25N3O4S2/c1-3-4-5-16-20(25)22(2)12-13-23(16)29(26,27)18-11-10-17(28-18)14-6-8-15(9-7-14)19(21)24/h6-11,16H,3-5,12-13H2,1-2H3,(H2,21,24). The molecule has 1 saturated heterocycles. The topological polar surface area (TPSA) is 101 Å². The van der Waals surface area contributed by atoms with Crippen molar-refractivity contribution in [3.63, 3.8) is 0 Å². The first-order chi connectivity index (χ1) is 13.8. The molecule has 2 heterocycles. The fourth-order valence-corrected chi connectivity index (χ4v) is 6.42. The fraction of sp³-hybridized carbons (Fsp3) is 0.400. The lowest BCUT2D eigenvalue weighted by molar-refractivity contribution is -0.137. The SMILES string of the molecule is CCCCC1C(=O)N(C)CCN1S(=O)(=O)c1ccc(-c2ccc(C(N)=O)cc2)s1. The van der Waals surface area contributed by atoms with Crippen LogP contribution in [0.3, 0.4) is 0 Å². The van der Waals surface area contributed by atoms with E-state index < -0.39 is 22.0 Å². The molecule has 9 heteroatoms. The number of nitrogens with zero attached hydrogens (tertiary/aromatic N) is 2. The first-order valence-electron chi connectivity index (χ1n) is 9.52. The summed E-state index contributed by atoms with van der Waals surface area (Å²) in [6.07, 6.45) is 2.20. The van der Waals surface area contributed by atoms with Crippen LogP contribution >= 0.6 is 11.3 Å². The van der Waals surface area contributed by atoms with Gasteiger partial charge >= 0.3 is 0 Å². The van der Waals surface area contributed by atoms with Crippen LogP contribution in [0.25, 0.3) is 10.4 Å². The van der Waals surface area contributed by atoms with E-state index >= 15 is 0 Å². The molecule has 2 amide bonds. The number of carbonyl (C=O) groups is 2. The maximum absolute atomic E-state index is 13.3. The molecule has 1 fully saturated rings. The summed E-state index contributed by atoms with van der Waals surface area (Å²) in [7, 11) is -2.06. The Hall–Kier alpha value is -2.23. The van der Waals surface area contributed by atoms with E-state index in [-0.39, 0.29) is 10.1 Å². The molecule has 1 aliphatic heterocycles. The Morgan fingerprint density at radius 3 is 2.48 bits per heavy atom. The zero-order valence-corrected chi connectivity index (χ0v) is 18.1. The smallest absolute Gasteiger partial charge is 0.253 e. The van der Waals surface area contributed by atoms with E-state index in [0.29, 0.717) is 25.1 Å². The molecule has 29 heavy (non-hydrogen) atoms. The van der Waals surface area contributed by atoms with Gasteiger partial charge in [0.05, 0.1) is 0 Å². The number of hydrogen-bond acceptors (Lipinski definition) is 5. The maximum Gasteiger partial charge on any atom is 0.253 e. The molecule has 1 atom stereocenters. The van der Waals surface area contributed by atoms with Gasteiger partial charge in [0.15, 0.2) is 0 Å². The zero-order valence-electron chi connectivity index (χ0n) is 16.5. The van der Waals surface area contributed by atoms with Crippen LogP contribution in [0.15, 0.2) is 40.6 Å². The average molecular weight is 436 g/mol. The average Bonchev–Trinajstić information content (AvgIpc) is 3.20. The van der Waals surface area contributed by atoms with Gasteiger partial charge in [0, 0.05) is 30.6 Å². The Bertz CT molecular complexity index is 999. The molecule has 1 aromatic carbocycles. The van der Waals surface area contributed by atoms with E-state index in [2.05, 4.69) is 0 Å². The van der Waals surface area contributed by atoms with Gasteiger partial charge in [-0.15, -0.1) is 11.3 Å². The number of carbonyl (C=O) groups excluding carboxylic acids is 2. The van der Waals surface area contributed by atoms with Crippen molar-refractivity contribution in [2.45, 2.75) is 36.4 Å². The van der Waals surface area contributed by atoms with Gasteiger partial charge in [-0.1, -0.05) is 31.9 Å². The van der Waals surface area contributed by atoms with Crippen molar-refractivity contribution in [2.24, 2.45) is 5.73 Å². The molecule has 1 aromatic heterocycles. The Labute approximate surface area is 175 Å². The number of nitrogens with two attached hydrogens (primary N) is 1. The first kappa shape index (κ1) is 21.5. The summed E-state index contributed by atoms with van der Waals surface area (Å²) in [6, 6.07) is 9.39. The third-order valence-corrected chi connectivity index (χ3v) is 8.60. The highest BCUT2D eigenvalue weighted by Gasteiger charge is 2.40. The van der Waals surface area contributed by atoms with Crippen molar-refractivity contribution >= 4 is 33.2 Å². The van der Waals surface area contributed by atoms with Gasteiger partial charge in [0.25, 0.3) is 10.0 Å². The number of amides is 2. The summed E-state index contributed by atoms with van der Waals surface area (Å²) in [5, 5.41) is 0. The minimum atomic E-state index is -3.78. The molecule has 0 saturated carbocycles. The second-order valence-corrected chi connectivity index (χ2v) is 10.3. The van der Waals surface area contributed by atoms with Crippen molar-refractivity contribution < 1.29 is 18.0 Å². The van der Waals surface area contributed by atoms with E-state index in [0.717, 1.165) is 34.6 Å². The molecule has 2 aromatic rings. The van der Waals surface area contributed by atoms with E-state index in [9.17, 15) is 18.0 Å². The van der Waals surface area contributed by atoms with Crippen LogP contribution in [0.4, 0.5) is 0 Å². The van der Waals surface area contributed by atoms with E-state index in [1.54, 1.807) is 48.3 Å². The molecule has 0 bridgehead atoms. The third kappa shape index (κ3) is 4.36. The van der Waals surface area contributed by atoms with Crippen molar-refractivity contribution in [1.29, 1.82) is 0 Å². The zero-order chi connectivity index (χ0) is 21.2. The molecule has 1 aliphatic rings. The predicted molar refractivity (Wildman–Crippen MR) is 113 cm³/mol. The molecule has 2 N–H and O–H groups in total. The van der Waals surface area contributed by atoms with Crippen LogP contribution in [0.5, 0.6) is 0 Å². The first-order valence-corrected chi connectivity index (χ1v) is 11.8. The molecule has 156 valence electrons. The summed E-state index contributed by atoms with van der Waals surface area (Å²) in [6.45, 7) is 2.69. The molecule has 0 spiro atoms. The van der Waals surface area contributed by atoms with Gasteiger partial charge in [-0.3, -0.25) is 9.59 Å². The lowest BCUT2D eigenvalue weighted by Gasteiger charge is -2.38. The number of sulfonamides is 1. The summed E-state index contributed by atoms with van der Waals surface area (Å²) >= 11 is 1.16. The Balaban J connectivity index is 1.89. The Kier molecular flexibility index (Phi) is 6.40. The van der Waals surface area contributed by atoms with Gasteiger partial charge in [-0.25, -0.2) is 8.42 Å². The van der Waals surface area contributed by atoms with Crippen LogP contribution in [-0.2, 0) is 14.8 Å². The fourth-order valence-electron chi connectivity index (χ4n) is 3.37. The number of thiophene rings is 1. The normalized spacial score (nSPS) is 18.2. The molecule has 7 nitrogen and oxygen atoms in total. The molecule has 0 radical (unpaired) electrons. The summed E-state index contributed by atoms with van der Waals surface area (Å²) in [4.78, 5) is 26.2. The van der Waals surface area contributed by atoms with Crippen molar-refractivity contribution in [3.05, 3.63) is 42.0 Å². The summed E-state index contributed by atoms with van der Waals surface area (Å²) in [5.74, 6) is -0.657. The number of hydrogen-bond donors (Lipinski definition) is 1. The highest BCUT2D eigenvalue weighted by Crippen LogP contribution is 2.34. The van der Waals surface area contributed by atoms with Crippen LogP contribution in [-0.4, -0.2) is 55.6 Å². The van der Waals surface area contributed by atoms with Crippen molar-refractivity contribution in [3.8, 4) is 10.4 Å². The largest absolute Gasteiger partial charge is 0.366 e. The summed E-state index contributed by atoms with van der Waals surface area (Å²) in [5.41, 5.74) is 6.46. The van der Waals surface area contributed by atoms with Gasteiger partial charge < -0.3 is 10.6 Å². The van der Waals surface area contributed by atoms with Gasteiger partial charge in [-0.05, 0) is 36.2 Å². The number of unbranched alkanes of at least 4 members (excludes halogenated alkanes) is 1. The molecule has 1 unspecified atom stereocenters. The van der Waals surface area contributed by atoms with Crippen LogP contribution < -0.4 is 5.73 Å². The molecular weight excluding hydrogens is 410 g/mol. The lowest BCUT2D eigenvalue weighted by Crippen LogP contribution is -2.57. The second kappa shape index (κ2) is 8.64. The van der Waals surface area contributed by atoms with E-state index in [1.807, 2.05) is 6.92 Å². The second-order valence-electron chi connectivity index (χ2n) is 7.09. The monoisotopic (exact) mass is 435 g/mol. The van der Waals surface area contributed by atoms with Crippen molar-refractivity contribution in [1.82, 2.24) is 9.21 Å². The lowest BCUT2D eigenvalue weighted by atomic mass is 10.1. The van der Waals surface area contributed by atoms with E-state index in [1.165, 1.54) is 4.31 Å². The van der Waals surface area contributed by atoms with Crippen molar-refractivity contribution in [2.75, 3.05) is 20.1 Å². The number of likely N-dealkylation sites (N-methyl/N-ethyl adjacent to an activating group) is 1. The Morgan fingerprint density at radius 2 is 1.86 bits per heavy atom. The van der Waals surface area contributed by atoms with E-state index in [4.69, 9.17) is 5.73 Å². The highest BCUT2D eigenvalue weighted by atomic mass is 32.2. The quantitative estimate of drug-likeness (QED) is 0.722. The third-order valence-electron chi connectivity index (χ3n) is 5.09. The molecule has 3 rings (SSSR count). The number of piperazine rings is 1. The highest BCUT2D eigenvalue weighted by molar-refractivity contribution is 7.91. The minimum Gasteiger partial charge on any atom is -0.366 e. The number of primary amides is 1. The number of benzene rings is 1. The minimum absolute atomic E-state index is 0.146. The maximum atomic E-state index is 13.3. The van der Waals surface area contributed by atoms with Gasteiger partial charge in [0.2, 0.25) is 11.8 Å². The Morgan fingerprint density at radius 1 is 1.17 bits per heavy atom. The molecule has 0 aliphatic carbocycles. The van der Waals surface area contributed by atoms with Crippen LogP contribution in [0.2, 0.25) is 0 Å².